The number of likely N-dealkylation sites (N-methyl/N-ethyl adjacent to an activating group) is 1. The lowest BCUT2D eigenvalue weighted by molar-refractivity contribution is 0.169. The van der Waals surface area contributed by atoms with Gasteiger partial charge in [0.1, 0.15) is 12.6 Å². The summed E-state index contributed by atoms with van der Waals surface area (Å²) < 4.78 is 4.94. The van der Waals surface area contributed by atoms with E-state index in [-0.39, 0.29) is 6.10 Å². The van der Waals surface area contributed by atoms with Gasteiger partial charge in [-0.1, -0.05) is 0 Å². The molecule has 1 unspecified atom stereocenters. The fraction of sp³-hybridized carbons (Fsp3) is 0.600. The third kappa shape index (κ3) is 0.980. The number of rotatable bonds is 1. The van der Waals surface area contributed by atoms with Crippen LogP contribution in [0.4, 0.5) is 0 Å². The first-order valence-corrected chi connectivity index (χ1v) is 2.47. The number of hydrogen-bond acceptors (Lipinski definition) is 3. The molecule has 45 valence electrons. The van der Waals surface area contributed by atoms with Gasteiger partial charge in [-0.2, -0.15) is 5.10 Å². The molecule has 0 bridgehead atoms. The molecule has 0 aromatic heterocycles. The van der Waals surface area contributed by atoms with E-state index < -0.39 is 0 Å². The van der Waals surface area contributed by atoms with Crippen LogP contribution in [0.5, 0.6) is 0 Å². The molecule has 1 rings (SSSR count). The minimum atomic E-state index is 0.0833. The van der Waals surface area contributed by atoms with Gasteiger partial charge in [-0.15, -0.1) is 0 Å². The molecule has 0 saturated heterocycles. The summed E-state index contributed by atoms with van der Waals surface area (Å²) in [7, 11) is 3.53. The van der Waals surface area contributed by atoms with E-state index in [1.165, 1.54) is 0 Å². The van der Waals surface area contributed by atoms with Crippen LogP contribution >= 0.6 is 0 Å². The van der Waals surface area contributed by atoms with Crippen molar-refractivity contribution in [3.05, 3.63) is 6.54 Å². The predicted octanol–water partition coefficient (Wildman–Crippen LogP) is 0.0944. The molecule has 1 radical (unpaired) electrons. The van der Waals surface area contributed by atoms with E-state index in [2.05, 4.69) is 5.10 Å². The van der Waals surface area contributed by atoms with Gasteiger partial charge in [0, 0.05) is 14.2 Å². The maximum Gasteiger partial charge on any atom is 0.118 e. The summed E-state index contributed by atoms with van der Waals surface area (Å²) in [6, 6.07) is 0. The maximum absolute atomic E-state index is 4.94. The lowest BCUT2D eigenvalue weighted by Gasteiger charge is -2.05. The Morgan fingerprint density at radius 1 is 1.75 bits per heavy atom. The molecule has 0 aliphatic carbocycles. The largest absolute Gasteiger partial charge is 0.373 e. The van der Waals surface area contributed by atoms with Crippen LogP contribution in [0.25, 0.3) is 0 Å². The highest BCUT2D eigenvalue weighted by atomic mass is 16.5. The Kier molecular flexibility index (Phi) is 1.48. The smallest absolute Gasteiger partial charge is 0.118 e. The lowest BCUT2D eigenvalue weighted by Crippen LogP contribution is -2.13. The Labute approximate surface area is 48.9 Å². The van der Waals surface area contributed by atoms with Crippen LogP contribution in [0.3, 0.4) is 0 Å². The molecule has 0 saturated carbocycles. The summed E-state index contributed by atoms with van der Waals surface area (Å²) >= 11 is 0. The summed E-state index contributed by atoms with van der Waals surface area (Å²) in [5.74, 6) is 0. The van der Waals surface area contributed by atoms with Crippen LogP contribution in [0.15, 0.2) is 5.10 Å². The molecule has 1 atom stereocenters. The summed E-state index contributed by atoms with van der Waals surface area (Å²) in [5, 5.41) is 5.65. The third-order valence-electron chi connectivity index (χ3n) is 1.03. The zero-order valence-corrected chi connectivity index (χ0v) is 5.03. The standard InChI is InChI=1S/C5H9N2O/c1-7-4-5(8-2)3-6-7/h3-5H,1-2H3. The summed E-state index contributed by atoms with van der Waals surface area (Å²) in [6.07, 6.45) is 1.83. The van der Waals surface area contributed by atoms with E-state index in [0.717, 1.165) is 0 Å². The van der Waals surface area contributed by atoms with Crippen molar-refractivity contribution in [2.75, 3.05) is 14.2 Å². The number of hydrogen-bond donors (Lipinski definition) is 0. The van der Waals surface area contributed by atoms with Crippen molar-refractivity contribution in [3.8, 4) is 0 Å². The number of ether oxygens (including phenoxy) is 1. The van der Waals surface area contributed by atoms with Gasteiger partial charge in [-0.05, 0) is 0 Å². The van der Waals surface area contributed by atoms with Gasteiger partial charge >= 0.3 is 0 Å². The highest BCUT2D eigenvalue weighted by Crippen LogP contribution is 2.04. The Balaban J connectivity index is 2.34. The van der Waals surface area contributed by atoms with Crippen LogP contribution in [0.2, 0.25) is 0 Å². The van der Waals surface area contributed by atoms with Gasteiger partial charge in [0.2, 0.25) is 0 Å². The van der Waals surface area contributed by atoms with E-state index in [0.29, 0.717) is 0 Å². The van der Waals surface area contributed by atoms with Crippen LogP contribution in [0, 0.1) is 6.54 Å². The maximum atomic E-state index is 4.94. The second-order valence-corrected chi connectivity index (χ2v) is 1.69. The van der Waals surface area contributed by atoms with E-state index in [1.807, 2.05) is 13.6 Å². The average molecular weight is 113 g/mol. The monoisotopic (exact) mass is 113 g/mol. The van der Waals surface area contributed by atoms with Crippen molar-refractivity contribution in [2.24, 2.45) is 5.10 Å². The van der Waals surface area contributed by atoms with E-state index >= 15 is 0 Å². The van der Waals surface area contributed by atoms with Crippen molar-refractivity contribution < 1.29 is 4.74 Å². The molecule has 8 heavy (non-hydrogen) atoms. The molecule has 1 heterocycles. The number of methoxy groups -OCH3 is 1. The molecule has 3 nitrogen and oxygen atoms in total. The van der Waals surface area contributed by atoms with E-state index in [4.69, 9.17) is 4.74 Å². The predicted molar refractivity (Wildman–Crippen MR) is 31.4 cm³/mol. The normalized spacial score (nSPS) is 27.2. The van der Waals surface area contributed by atoms with Crippen LogP contribution in [-0.4, -0.2) is 31.5 Å². The molecule has 0 spiro atoms. The molecule has 0 fully saturated rings. The third-order valence-corrected chi connectivity index (χ3v) is 1.03. The first kappa shape index (κ1) is 5.56. The molecular weight excluding hydrogens is 104 g/mol. The first-order valence-electron chi connectivity index (χ1n) is 2.47. The summed E-state index contributed by atoms with van der Waals surface area (Å²) in [6.45, 7) is 1.89. The zero-order valence-electron chi connectivity index (χ0n) is 5.03. The Morgan fingerprint density at radius 3 is 2.75 bits per heavy atom. The highest BCUT2D eigenvalue weighted by molar-refractivity contribution is 5.66. The van der Waals surface area contributed by atoms with Crippen molar-refractivity contribution in [1.29, 1.82) is 0 Å². The van der Waals surface area contributed by atoms with Gasteiger partial charge in [0.15, 0.2) is 0 Å². The second kappa shape index (κ2) is 2.13. The Morgan fingerprint density at radius 2 is 2.50 bits per heavy atom. The Hall–Kier alpha value is -0.570. The van der Waals surface area contributed by atoms with E-state index in [1.54, 1.807) is 18.3 Å². The van der Waals surface area contributed by atoms with Crippen molar-refractivity contribution in [2.45, 2.75) is 6.10 Å². The minimum absolute atomic E-state index is 0.0833. The highest BCUT2D eigenvalue weighted by Gasteiger charge is 2.12. The average Bonchev–Trinajstić information content (AvgIpc) is 2.14. The van der Waals surface area contributed by atoms with E-state index in [9.17, 15) is 0 Å². The topological polar surface area (TPSA) is 24.8 Å². The van der Waals surface area contributed by atoms with Crippen LogP contribution in [0.1, 0.15) is 0 Å². The SMILES string of the molecule is COC1[CH]N(C)N=C1. The Bertz CT molecular complexity index is 103. The van der Waals surface area contributed by atoms with Crippen molar-refractivity contribution in [1.82, 2.24) is 5.01 Å². The number of hydrazone groups is 1. The second-order valence-electron chi connectivity index (χ2n) is 1.69. The fourth-order valence-electron chi connectivity index (χ4n) is 0.582. The summed E-state index contributed by atoms with van der Waals surface area (Å²) in [5.41, 5.74) is 0. The van der Waals surface area contributed by atoms with Crippen LogP contribution < -0.4 is 0 Å². The van der Waals surface area contributed by atoms with Gasteiger partial charge in [0.05, 0.1) is 6.21 Å². The van der Waals surface area contributed by atoms with Crippen molar-refractivity contribution >= 4 is 6.21 Å². The number of nitrogens with zero attached hydrogens (tertiary/aromatic N) is 2. The molecule has 1 aliphatic heterocycles. The molecule has 0 amide bonds. The first-order chi connectivity index (χ1) is 3.83. The van der Waals surface area contributed by atoms with Gasteiger partial charge < -0.3 is 4.74 Å². The van der Waals surface area contributed by atoms with Gasteiger partial charge in [-0.25, -0.2) is 0 Å². The molecule has 0 aromatic carbocycles. The quantitative estimate of drug-likeness (QED) is 0.481. The molecule has 3 heteroatoms. The molecule has 0 aromatic rings. The zero-order chi connectivity index (χ0) is 5.98. The summed E-state index contributed by atoms with van der Waals surface area (Å²) in [4.78, 5) is 0. The van der Waals surface area contributed by atoms with Gasteiger partial charge in [0.25, 0.3) is 0 Å². The molecule has 0 N–H and O–H groups in total. The lowest BCUT2D eigenvalue weighted by atomic mass is 10.4. The van der Waals surface area contributed by atoms with Gasteiger partial charge in [-0.3, -0.25) is 5.01 Å². The van der Waals surface area contributed by atoms with Crippen LogP contribution in [-0.2, 0) is 4.74 Å². The molecular formula is C5H9N2O. The minimum Gasteiger partial charge on any atom is -0.373 e. The van der Waals surface area contributed by atoms with Crippen molar-refractivity contribution in [3.63, 3.8) is 0 Å². The molecule has 1 aliphatic rings. The fourth-order valence-corrected chi connectivity index (χ4v) is 0.582.